The van der Waals surface area contributed by atoms with E-state index in [0.29, 0.717) is 16.6 Å². The Balaban J connectivity index is 0.00000300. The van der Waals surface area contributed by atoms with Gasteiger partial charge in [0.25, 0.3) is 0 Å². The number of benzene rings is 2. The van der Waals surface area contributed by atoms with Gasteiger partial charge in [-0.05, 0) is 29.3 Å². The number of morpholine rings is 1. The monoisotopic (exact) mass is 454 g/mol. The number of hydrogen-bond donors (Lipinski definition) is 1. The topological polar surface area (TPSA) is 38.3 Å². The van der Waals surface area contributed by atoms with Crippen molar-refractivity contribution in [3.8, 4) is 0 Å². The summed E-state index contributed by atoms with van der Waals surface area (Å²) in [7, 11) is 2.27. The van der Waals surface area contributed by atoms with Crippen LogP contribution in [0.15, 0.2) is 48.5 Å². The van der Waals surface area contributed by atoms with Gasteiger partial charge in [-0.2, -0.15) is 0 Å². The maximum Gasteiger partial charge on any atom is 0.244 e. The fourth-order valence-electron chi connectivity index (χ4n) is 3.18. The van der Waals surface area contributed by atoms with Crippen molar-refractivity contribution in [1.82, 2.24) is 5.32 Å². The summed E-state index contributed by atoms with van der Waals surface area (Å²) in [5.74, 6) is -0.151. The molecule has 29 heavy (non-hydrogen) atoms. The zero-order valence-electron chi connectivity index (χ0n) is 16.3. The number of nitrogens with zero attached hydrogens (tertiary/aromatic N) is 1. The van der Waals surface area contributed by atoms with Crippen molar-refractivity contribution < 1.29 is 26.4 Å². The average Bonchev–Trinajstić information content (AvgIpc) is 2.68. The Bertz CT molecular complexity index is 848. The fraction of sp³-hybridized carbons (Fsp3) is 0.318. The van der Waals surface area contributed by atoms with E-state index in [1.54, 1.807) is 18.2 Å². The molecule has 2 aromatic rings. The predicted molar refractivity (Wildman–Crippen MR) is 114 cm³/mol. The highest BCUT2D eigenvalue weighted by Crippen LogP contribution is 2.23. The van der Waals surface area contributed by atoms with Gasteiger partial charge in [-0.1, -0.05) is 53.5 Å². The lowest BCUT2D eigenvalue weighted by molar-refractivity contribution is -0.929. The van der Waals surface area contributed by atoms with Crippen molar-refractivity contribution in [2.75, 3.05) is 33.4 Å². The zero-order chi connectivity index (χ0) is 20.0. The summed E-state index contributed by atoms with van der Waals surface area (Å²) in [6.07, 6.45) is 3.21. The van der Waals surface area contributed by atoms with Crippen LogP contribution in [0.2, 0.25) is 10.0 Å². The van der Waals surface area contributed by atoms with Gasteiger partial charge in [0, 0.05) is 18.2 Å². The van der Waals surface area contributed by atoms with Crippen LogP contribution in [0.1, 0.15) is 16.7 Å². The Morgan fingerprint density at radius 3 is 2.38 bits per heavy atom. The van der Waals surface area contributed by atoms with Gasteiger partial charge in [0.15, 0.2) is 0 Å². The van der Waals surface area contributed by atoms with Crippen molar-refractivity contribution in [2.24, 2.45) is 0 Å². The van der Waals surface area contributed by atoms with Gasteiger partial charge in [-0.15, -0.1) is 0 Å². The van der Waals surface area contributed by atoms with E-state index in [1.807, 2.05) is 6.07 Å². The first-order valence-corrected chi connectivity index (χ1v) is 10.1. The molecule has 0 saturated carbocycles. The highest BCUT2D eigenvalue weighted by Gasteiger charge is 2.25. The number of rotatable bonds is 6. The number of carbonyl (C=O) groups is 1. The quantitative estimate of drug-likeness (QED) is 0.527. The Labute approximate surface area is 188 Å². The lowest BCUT2D eigenvalue weighted by atomic mass is 10.1. The second-order valence-electron chi connectivity index (χ2n) is 7.38. The van der Waals surface area contributed by atoms with Crippen LogP contribution in [-0.4, -0.2) is 43.7 Å². The van der Waals surface area contributed by atoms with E-state index in [2.05, 4.69) is 36.6 Å². The molecule has 156 valence electrons. The number of ether oxygens (including phenoxy) is 1. The molecule has 1 heterocycles. The number of hydrogen-bond acceptors (Lipinski definition) is 2. The standard InChI is InChI=1S/C22H24Cl2N2O2.ClH/c1-26(10-12-28-13-11-26)16-19-4-2-18(3-5-19)15-25-22(27)9-7-17-6-8-20(23)21(24)14-17;/h2-9,14H,10-13,15-16H2,1H3;1H. The van der Waals surface area contributed by atoms with Crippen LogP contribution in [0, 0.1) is 0 Å². The molecule has 1 saturated heterocycles. The number of likely N-dealkylation sites (N-methyl/N-ethyl adjacent to an activating group) is 1. The molecular formula is C22H25Cl3N2O2. The summed E-state index contributed by atoms with van der Waals surface area (Å²) in [6, 6.07) is 13.7. The molecule has 0 aromatic heterocycles. The third kappa shape index (κ3) is 7.32. The Kier molecular flexibility index (Phi) is 9.00. The summed E-state index contributed by atoms with van der Waals surface area (Å²) in [6.45, 7) is 5.24. The van der Waals surface area contributed by atoms with Crippen molar-refractivity contribution in [1.29, 1.82) is 0 Å². The first-order chi connectivity index (χ1) is 13.4. The Morgan fingerprint density at radius 1 is 1.07 bits per heavy atom. The molecule has 3 rings (SSSR count). The highest BCUT2D eigenvalue weighted by molar-refractivity contribution is 6.42. The van der Waals surface area contributed by atoms with Gasteiger partial charge in [0.1, 0.15) is 19.6 Å². The smallest absolute Gasteiger partial charge is 0.244 e. The van der Waals surface area contributed by atoms with E-state index in [4.69, 9.17) is 27.9 Å². The summed E-state index contributed by atoms with van der Waals surface area (Å²) in [5, 5.41) is 3.86. The van der Waals surface area contributed by atoms with Crippen molar-refractivity contribution in [3.05, 3.63) is 75.3 Å². The first-order valence-electron chi connectivity index (χ1n) is 9.34. The van der Waals surface area contributed by atoms with Crippen LogP contribution in [0.3, 0.4) is 0 Å². The minimum Gasteiger partial charge on any atom is -1.00 e. The third-order valence-electron chi connectivity index (χ3n) is 4.98. The van der Waals surface area contributed by atoms with E-state index >= 15 is 0 Å². The SMILES string of the molecule is C[N+]1(Cc2ccc(CNC(=O)C=Cc3ccc(Cl)c(Cl)c3)cc2)CCOCC1.[Cl-]. The number of nitrogens with one attached hydrogen (secondary N) is 1. The largest absolute Gasteiger partial charge is 1.00 e. The second kappa shape index (κ2) is 11.0. The molecule has 1 fully saturated rings. The average molecular weight is 456 g/mol. The second-order valence-corrected chi connectivity index (χ2v) is 8.19. The van der Waals surface area contributed by atoms with E-state index in [1.165, 1.54) is 11.6 Å². The van der Waals surface area contributed by atoms with Crippen molar-refractivity contribution in [3.63, 3.8) is 0 Å². The van der Waals surface area contributed by atoms with Gasteiger partial charge in [0.2, 0.25) is 5.91 Å². The van der Waals surface area contributed by atoms with Crippen LogP contribution in [0.25, 0.3) is 6.08 Å². The molecule has 1 amide bonds. The number of quaternary nitrogens is 1. The van der Waals surface area contributed by atoms with Crippen molar-refractivity contribution >= 4 is 35.2 Å². The molecule has 1 N–H and O–H groups in total. The maximum absolute atomic E-state index is 12.0. The normalized spacial score (nSPS) is 15.7. The van der Waals surface area contributed by atoms with Gasteiger partial charge < -0.3 is 26.9 Å². The Hall–Kier alpha value is -1.56. The van der Waals surface area contributed by atoms with Crippen LogP contribution >= 0.6 is 23.2 Å². The molecule has 0 radical (unpaired) electrons. The molecule has 2 aromatic carbocycles. The number of amides is 1. The zero-order valence-corrected chi connectivity index (χ0v) is 18.6. The molecule has 0 aliphatic carbocycles. The van der Waals surface area contributed by atoms with E-state index in [0.717, 1.165) is 48.5 Å². The third-order valence-corrected chi connectivity index (χ3v) is 5.71. The van der Waals surface area contributed by atoms with Crippen LogP contribution in [0.4, 0.5) is 0 Å². The molecule has 1 aliphatic rings. The maximum atomic E-state index is 12.0. The van der Waals surface area contributed by atoms with Gasteiger partial charge >= 0.3 is 0 Å². The van der Waals surface area contributed by atoms with Crippen LogP contribution < -0.4 is 17.7 Å². The molecule has 7 heteroatoms. The minimum absolute atomic E-state index is 0. The van der Waals surface area contributed by atoms with E-state index in [9.17, 15) is 4.79 Å². The predicted octanol–water partition coefficient (Wildman–Crippen LogP) is 1.30. The fourth-order valence-corrected chi connectivity index (χ4v) is 3.49. The molecular weight excluding hydrogens is 431 g/mol. The molecule has 0 bridgehead atoms. The summed E-state index contributed by atoms with van der Waals surface area (Å²) in [5.41, 5.74) is 3.21. The molecule has 1 aliphatic heterocycles. The minimum atomic E-state index is -0.151. The summed E-state index contributed by atoms with van der Waals surface area (Å²) in [4.78, 5) is 12.0. The lowest BCUT2D eigenvalue weighted by Crippen LogP contribution is -3.00. The van der Waals surface area contributed by atoms with Gasteiger partial charge in [0.05, 0.1) is 30.3 Å². The van der Waals surface area contributed by atoms with E-state index in [-0.39, 0.29) is 18.3 Å². The molecule has 0 spiro atoms. The highest BCUT2D eigenvalue weighted by atomic mass is 35.5. The molecule has 4 nitrogen and oxygen atoms in total. The van der Waals surface area contributed by atoms with E-state index < -0.39 is 0 Å². The van der Waals surface area contributed by atoms with Crippen molar-refractivity contribution in [2.45, 2.75) is 13.1 Å². The number of carbonyl (C=O) groups excluding carboxylic acids is 1. The lowest BCUT2D eigenvalue weighted by Gasteiger charge is -2.37. The first kappa shape index (κ1) is 23.7. The summed E-state index contributed by atoms with van der Waals surface area (Å²) < 4.78 is 6.47. The van der Waals surface area contributed by atoms with Gasteiger partial charge in [-0.3, -0.25) is 4.79 Å². The Morgan fingerprint density at radius 2 is 1.72 bits per heavy atom. The van der Waals surface area contributed by atoms with Crippen LogP contribution in [0.5, 0.6) is 0 Å². The van der Waals surface area contributed by atoms with Crippen LogP contribution in [-0.2, 0) is 22.6 Å². The van der Waals surface area contributed by atoms with Gasteiger partial charge in [-0.25, -0.2) is 0 Å². The summed E-state index contributed by atoms with van der Waals surface area (Å²) >= 11 is 11.9. The number of halogens is 3. The molecule has 0 unspecified atom stereocenters. The molecule has 0 atom stereocenters.